The van der Waals surface area contributed by atoms with Gasteiger partial charge in [-0.15, -0.1) is 0 Å². The molecule has 4 aliphatic carbocycles. The third-order valence-corrected chi connectivity index (χ3v) is 8.67. The fourth-order valence-corrected chi connectivity index (χ4v) is 7.64. The molecule has 0 saturated heterocycles. The zero-order valence-corrected chi connectivity index (χ0v) is 18.0. The number of carboxylic acids is 2. The first-order valence-corrected chi connectivity index (χ1v) is 12.2. The molecular weight excluding hydrogens is 384 g/mol. The second-order valence-corrected chi connectivity index (χ2v) is 10.3. The van der Waals surface area contributed by atoms with E-state index >= 15 is 0 Å². The average Bonchev–Trinajstić information content (AvgIpc) is 2.75. The van der Waals surface area contributed by atoms with Crippen LogP contribution in [0.1, 0.15) is 77.0 Å². The monoisotopic (exact) mass is 422 g/mol. The molecule has 170 valence electrons. The average molecular weight is 423 g/mol. The van der Waals surface area contributed by atoms with Crippen molar-refractivity contribution in [2.45, 2.75) is 89.3 Å². The van der Waals surface area contributed by atoms with Crippen LogP contribution in [0.3, 0.4) is 0 Å². The Labute approximate surface area is 179 Å². The normalized spacial score (nSPS) is 41.5. The summed E-state index contributed by atoms with van der Waals surface area (Å²) in [5.41, 5.74) is 0. The zero-order chi connectivity index (χ0) is 21.1. The largest absolute Gasteiger partial charge is 0.480 e. The lowest BCUT2D eigenvalue weighted by Gasteiger charge is -2.53. The molecule has 8 atom stereocenters. The first-order chi connectivity index (χ1) is 14.5. The van der Waals surface area contributed by atoms with Gasteiger partial charge in [-0.25, -0.2) is 9.59 Å². The maximum absolute atomic E-state index is 11.1. The molecule has 2 N–H and O–H groups in total. The quantitative estimate of drug-likeness (QED) is 0.633. The van der Waals surface area contributed by atoms with Crippen LogP contribution in [0, 0.1) is 35.5 Å². The third-order valence-electron chi connectivity index (χ3n) is 8.67. The Morgan fingerprint density at radius 2 is 1.00 bits per heavy atom. The fraction of sp³-hybridized carbons (Fsp3) is 0.917. The minimum Gasteiger partial charge on any atom is -0.480 e. The van der Waals surface area contributed by atoms with E-state index in [1.54, 1.807) is 0 Å². The summed E-state index contributed by atoms with van der Waals surface area (Å²) in [6.45, 7) is -0.397. The van der Waals surface area contributed by atoms with Crippen LogP contribution in [0.2, 0.25) is 0 Å². The molecule has 30 heavy (non-hydrogen) atoms. The molecule has 0 radical (unpaired) electrons. The van der Waals surface area contributed by atoms with Crippen molar-refractivity contribution in [2.24, 2.45) is 35.5 Å². The van der Waals surface area contributed by atoms with Crippen molar-refractivity contribution < 1.29 is 29.3 Å². The van der Waals surface area contributed by atoms with Crippen LogP contribution in [0.4, 0.5) is 0 Å². The second kappa shape index (κ2) is 9.99. The van der Waals surface area contributed by atoms with Crippen LogP contribution in [-0.4, -0.2) is 47.6 Å². The summed E-state index contributed by atoms with van der Waals surface area (Å²) in [6.07, 6.45) is 14.3. The number of carboxylic acid groups (broad SMARTS) is 2. The van der Waals surface area contributed by atoms with Crippen LogP contribution < -0.4 is 0 Å². The highest BCUT2D eigenvalue weighted by molar-refractivity contribution is 5.68. The van der Waals surface area contributed by atoms with Gasteiger partial charge in [0, 0.05) is 0 Å². The van der Waals surface area contributed by atoms with Crippen molar-refractivity contribution in [1.82, 2.24) is 0 Å². The molecule has 6 nitrogen and oxygen atoms in total. The predicted molar refractivity (Wildman–Crippen MR) is 111 cm³/mol. The third kappa shape index (κ3) is 5.18. The molecule has 0 spiro atoms. The van der Waals surface area contributed by atoms with Crippen LogP contribution in [-0.2, 0) is 19.1 Å². The van der Waals surface area contributed by atoms with E-state index in [1.807, 2.05) is 0 Å². The van der Waals surface area contributed by atoms with E-state index < -0.39 is 11.9 Å². The highest BCUT2D eigenvalue weighted by Crippen LogP contribution is 2.55. The highest BCUT2D eigenvalue weighted by Gasteiger charge is 2.49. The molecule has 4 fully saturated rings. The Hall–Kier alpha value is -1.14. The minimum absolute atomic E-state index is 0.0489. The van der Waals surface area contributed by atoms with Gasteiger partial charge in [-0.1, -0.05) is 38.5 Å². The molecule has 4 aliphatic rings. The van der Waals surface area contributed by atoms with E-state index in [4.69, 9.17) is 19.7 Å². The Kier molecular flexibility index (Phi) is 7.35. The van der Waals surface area contributed by atoms with Gasteiger partial charge >= 0.3 is 11.9 Å². The van der Waals surface area contributed by atoms with E-state index in [1.165, 1.54) is 51.4 Å². The van der Waals surface area contributed by atoms with Crippen molar-refractivity contribution in [1.29, 1.82) is 0 Å². The molecule has 0 aliphatic heterocycles. The van der Waals surface area contributed by atoms with E-state index in [2.05, 4.69) is 0 Å². The molecule has 6 heteroatoms. The van der Waals surface area contributed by atoms with E-state index in [-0.39, 0.29) is 25.4 Å². The van der Waals surface area contributed by atoms with E-state index in [0.717, 1.165) is 25.7 Å². The van der Waals surface area contributed by atoms with Crippen LogP contribution in [0.25, 0.3) is 0 Å². The van der Waals surface area contributed by atoms with Crippen molar-refractivity contribution in [3.63, 3.8) is 0 Å². The number of hydrogen-bond donors (Lipinski definition) is 2. The fourth-order valence-electron chi connectivity index (χ4n) is 7.64. The smallest absolute Gasteiger partial charge is 0.329 e. The summed E-state index contributed by atoms with van der Waals surface area (Å²) in [7, 11) is 0. The summed E-state index contributed by atoms with van der Waals surface area (Å²) in [6, 6.07) is 0. The molecule has 0 heterocycles. The number of carbonyl (C=O) groups is 2. The standard InChI is InChI=1S/C24H38O6/c25-23(26)13-29-17-9-15-5-1-3-7-19(15)21(11-17)22-12-18(30-14-24(27)28)10-16-6-2-4-8-20(16)22/h15-22H,1-14H2,(H,25,26)(H,27,28). The van der Waals surface area contributed by atoms with E-state index in [0.29, 0.717) is 35.5 Å². The molecule has 8 unspecified atom stereocenters. The minimum atomic E-state index is -0.885. The van der Waals surface area contributed by atoms with Crippen LogP contribution in [0.5, 0.6) is 0 Å². The summed E-state index contributed by atoms with van der Waals surface area (Å²) in [5, 5.41) is 18.2. The number of aliphatic carboxylic acids is 2. The summed E-state index contributed by atoms with van der Waals surface area (Å²) < 4.78 is 11.7. The molecule has 0 aromatic heterocycles. The number of fused-ring (bicyclic) bond motifs is 2. The second-order valence-electron chi connectivity index (χ2n) is 10.3. The lowest BCUT2D eigenvalue weighted by atomic mass is 9.54. The molecular formula is C24H38O6. The van der Waals surface area contributed by atoms with Gasteiger partial charge in [0.25, 0.3) is 0 Å². The summed E-state index contributed by atoms with van der Waals surface area (Å²) in [4.78, 5) is 22.2. The summed E-state index contributed by atoms with van der Waals surface area (Å²) >= 11 is 0. The lowest BCUT2D eigenvalue weighted by molar-refractivity contribution is -0.152. The SMILES string of the molecule is O=C(O)COC1CC2CCCCC2C(C2CC(OCC(=O)O)CC3CCCCC32)C1. The molecule has 0 bridgehead atoms. The van der Waals surface area contributed by atoms with Crippen molar-refractivity contribution >= 4 is 11.9 Å². The van der Waals surface area contributed by atoms with Crippen molar-refractivity contribution in [3.05, 3.63) is 0 Å². The summed E-state index contributed by atoms with van der Waals surface area (Å²) in [5.74, 6) is 2.09. The van der Waals surface area contributed by atoms with E-state index in [9.17, 15) is 9.59 Å². The molecule has 0 aromatic carbocycles. The van der Waals surface area contributed by atoms with Gasteiger partial charge in [-0.05, 0) is 74.0 Å². The number of rotatable bonds is 7. The van der Waals surface area contributed by atoms with Crippen LogP contribution >= 0.6 is 0 Å². The molecule has 4 rings (SSSR count). The maximum atomic E-state index is 11.1. The molecule has 0 aromatic rings. The first-order valence-electron chi connectivity index (χ1n) is 12.2. The topological polar surface area (TPSA) is 93.1 Å². The highest BCUT2D eigenvalue weighted by atomic mass is 16.5. The Morgan fingerprint density at radius 3 is 1.40 bits per heavy atom. The molecule has 0 amide bonds. The van der Waals surface area contributed by atoms with Crippen molar-refractivity contribution in [2.75, 3.05) is 13.2 Å². The number of hydrogen-bond acceptors (Lipinski definition) is 4. The van der Waals surface area contributed by atoms with Crippen molar-refractivity contribution in [3.8, 4) is 0 Å². The van der Waals surface area contributed by atoms with Gasteiger partial charge in [0.05, 0.1) is 12.2 Å². The maximum Gasteiger partial charge on any atom is 0.329 e. The first kappa shape index (κ1) is 22.1. The van der Waals surface area contributed by atoms with Gasteiger partial charge in [0.1, 0.15) is 13.2 Å². The Balaban J connectivity index is 1.52. The lowest BCUT2D eigenvalue weighted by Crippen LogP contribution is -2.48. The molecule has 4 saturated carbocycles. The van der Waals surface area contributed by atoms with Crippen LogP contribution in [0.15, 0.2) is 0 Å². The van der Waals surface area contributed by atoms with Gasteiger partial charge in [-0.2, -0.15) is 0 Å². The van der Waals surface area contributed by atoms with Gasteiger partial charge in [0.15, 0.2) is 0 Å². The Morgan fingerprint density at radius 1 is 0.600 bits per heavy atom. The van der Waals surface area contributed by atoms with Gasteiger partial charge < -0.3 is 19.7 Å². The number of ether oxygens (including phenoxy) is 2. The zero-order valence-electron chi connectivity index (χ0n) is 18.0. The van der Waals surface area contributed by atoms with Gasteiger partial charge in [0.2, 0.25) is 0 Å². The predicted octanol–water partition coefficient (Wildman–Crippen LogP) is 4.36. The Bertz CT molecular complexity index is 555. The van der Waals surface area contributed by atoms with Gasteiger partial charge in [-0.3, -0.25) is 0 Å².